The van der Waals surface area contributed by atoms with Crippen molar-refractivity contribution in [2.24, 2.45) is 22.7 Å². The lowest BCUT2D eigenvalue weighted by Gasteiger charge is -2.26. The molecule has 0 radical (unpaired) electrons. The third kappa shape index (κ3) is 7.30. The van der Waals surface area contributed by atoms with Gasteiger partial charge in [0.25, 0.3) is 0 Å². The van der Waals surface area contributed by atoms with Crippen molar-refractivity contribution >= 4 is 83.4 Å². The Balaban J connectivity index is 0.809. The van der Waals surface area contributed by atoms with Crippen molar-refractivity contribution in [2.45, 2.75) is 43.6 Å². The highest BCUT2D eigenvalue weighted by molar-refractivity contribution is 6.13. The maximum Gasteiger partial charge on any atom is 0.151 e. The van der Waals surface area contributed by atoms with E-state index in [2.05, 4.69) is 243 Å². The maximum absolute atomic E-state index is 13.7. The zero-order valence-corrected chi connectivity index (χ0v) is 50.6. The Morgan fingerprint density at radius 1 is 0.527 bits per heavy atom. The fraction of sp³-hybridized carbons (Fsp3) is 0.122. The normalized spacial score (nSPS) is 20.9. The van der Waals surface area contributed by atoms with Gasteiger partial charge in [0.1, 0.15) is 5.69 Å². The van der Waals surface area contributed by atoms with E-state index in [1.165, 1.54) is 29.1 Å². The summed E-state index contributed by atoms with van der Waals surface area (Å²) in [5.41, 5.74) is 24.9. The van der Waals surface area contributed by atoms with E-state index in [-0.39, 0.29) is 17.1 Å². The van der Waals surface area contributed by atoms with Crippen molar-refractivity contribution in [3.8, 4) is 62.0 Å². The van der Waals surface area contributed by atoms with Gasteiger partial charge in [0.2, 0.25) is 0 Å². The molecule has 3 saturated carbocycles. The van der Waals surface area contributed by atoms with E-state index in [0.29, 0.717) is 46.4 Å². The van der Waals surface area contributed by atoms with E-state index in [4.69, 9.17) is 24.9 Å². The number of benzene rings is 6. The van der Waals surface area contributed by atoms with Gasteiger partial charge in [-0.15, -0.1) is 0 Å². The summed E-state index contributed by atoms with van der Waals surface area (Å²) >= 11 is 0. The van der Waals surface area contributed by atoms with E-state index >= 15 is 0 Å². The van der Waals surface area contributed by atoms with Gasteiger partial charge in [-0.25, -0.2) is 9.97 Å². The van der Waals surface area contributed by atoms with Crippen molar-refractivity contribution in [3.63, 3.8) is 0 Å². The Labute approximate surface area is 534 Å². The highest BCUT2D eigenvalue weighted by atomic mass is 16.3. The summed E-state index contributed by atoms with van der Waals surface area (Å²) in [7, 11) is 0. The number of fused-ring (bicyclic) bond motifs is 13. The van der Waals surface area contributed by atoms with Crippen molar-refractivity contribution in [2.75, 3.05) is 4.90 Å². The van der Waals surface area contributed by atoms with Gasteiger partial charge in [-0.1, -0.05) is 91.0 Å². The van der Waals surface area contributed by atoms with E-state index in [1.807, 2.05) is 37.1 Å². The summed E-state index contributed by atoms with van der Waals surface area (Å²) < 4.78 is 7.15. The van der Waals surface area contributed by atoms with Crippen molar-refractivity contribution in [1.29, 1.82) is 0 Å². The first-order chi connectivity index (χ1) is 45.9. The number of pyridine rings is 5. The molecule has 6 aromatic carbocycles. The summed E-state index contributed by atoms with van der Waals surface area (Å²) in [6.07, 6.45) is 28.7. The first-order valence-corrected chi connectivity index (χ1v) is 32.4. The molecule has 1 N–H and O–H groups in total. The summed E-state index contributed by atoms with van der Waals surface area (Å²) in [5.74, 6) is 1.75. The molecule has 10 heterocycles. The Bertz CT molecular complexity index is 5810. The molecule has 440 valence electrons. The average Bonchev–Trinajstić information content (AvgIpc) is 1.50. The van der Waals surface area contributed by atoms with Gasteiger partial charge in [0, 0.05) is 144 Å². The number of para-hydroxylation sites is 3. The van der Waals surface area contributed by atoms with E-state index in [1.54, 1.807) is 0 Å². The number of hydrogen-bond donors (Lipinski definition) is 1. The molecule has 7 aliphatic rings. The van der Waals surface area contributed by atoms with E-state index in [9.17, 15) is 5.11 Å². The largest absolute Gasteiger partial charge is 0.505 e. The van der Waals surface area contributed by atoms with Gasteiger partial charge in [0.15, 0.2) is 5.75 Å². The monoisotopic (exact) mass is 1200 g/mol. The number of aromatic nitrogens is 8. The topological polar surface area (TPSA) is 115 Å². The van der Waals surface area contributed by atoms with Crippen LogP contribution in [0.2, 0.25) is 0 Å². The molecule has 2 aliphatic heterocycles. The summed E-state index contributed by atoms with van der Waals surface area (Å²) in [6.45, 7) is 2.16. The minimum Gasteiger partial charge on any atom is -0.505 e. The molecule has 5 aliphatic carbocycles. The average molecular weight is 1200 g/mol. The SMILES string of the molecule is Cc1c(-c2ccc3c(c2)c2cnccc2n3C2=CC3CC3C=C2)cc(C2=CC=C3N(c4ccccc4)c4ccncc4C34CC24)nc1-c1nc(-c2ccc3c(c2)c2c(n3-c3ccccc3)C3CC3N=C2)cc(-c2ccc3c(c2)c2cnccc2n3-c2ccccc2)c1O. The second-order valence-electron chi connectivity index (χ2n) is 26.4. The zero-order chi connectivity index (χ0) is 60.9. The molecule has 1 spiro atoms. The minimum absolute atomic E-state index is 0.0515. The Morgan fingerprint density at radius 2 is 1.14 bits per heavy atom. The van der Waals surface area contributed by atoms with Crippen molar-refractivity contribution in [1.82, 2.24) is 38.6 Å². The number of hydrogen-bond acceptors (Lipinski definition) is 8. The zero-order valence-electron chi connectivity index (χ0n) is 50.6. The van der Waals surface area contributed by atoms with Crippen LogP contribution in [0.25, 0.3) is 122 Å². The highest BCUT2D eigenvalue weighted by Crippen LogP contribution is 2.72. The van der Waals surface area contributed by atoms with Crippen LogP contribution in [0.5, 0.6) is 5.75 Å². The number of anilines is 2. The molecular formula is C82H56N10O. The molecule has 0 amide bonds. The predicted molar refractivity (Wildman–Crippen MR) is 372 cm³/mol. The van der Waals surface area contributed by atoms with Gasteiger partial charge in [0.05, 0.1) is 56.4 Å². The molecular weight excluding hydrogens is 1140 g/mol. The van der Waals surface area contributed by atoms with E-state index in [0.717, 1.165) is 135 Å². The number of aromatic hydroxyl groups is 1. The Kier molecular flexibility index (Phi) is 10.3. The van der Waals surface area contributed by atoms with Gasteiger partial charge in [-0.2, -0.15) is 0 Å². The molecule has 6 unspecified atom stereocenters. The number of allylic oxidation sites excluding steroid dienone is 8. The number of nitrogens with zero attached hydrogens (tertiary/aromatic N) is 10. The van der Waals surface area contributed by atoms with Crippen LogP contribution >= 0.6 is 0 Å². The molecule has 0 bridgehead atoms. The first-order valence-electron chi connectivity index (χ1n) is 32.4. The Morgan fingerprint density at radius 3 is 1.88 bits per heavy atom. The molecule has 21 rings (SSSR count). The number of rotatable bonds is 9. The fourth-order valence-corrected chi connectivity index (χ4v) is 16.8. The number of aliphatic imine (C=N–C) groups is 1. The van der Waals surface area contributed by atoms with Crippen LogP contribution in [0.4, 0.5) is 11.4 Å². The summed E-state index contributed by atoms with van der Waals surface area (Å²) in [5, 5.41) is 19.0. The highest BCUT2D eigenvalue weighted by Gasteiger charge is 2.66. The van der Waals surface area contributed by atoms with Crippen LogP contribution in [0.15, 0.2) is 254 Å². The molecule has 14 aromatic rings. The third-order valence-electron chi connectivity index (χ3n) is 21.4. The van der Waals surface area contributed by atoms with Gasteiger partial charge in [-0.3, -0.25) is 19.9 Å². The van der Waals surface area contributed by atoms with Crippen LogP contribution in [0.1, 0.15) is 53.3 Å². The van der Waals surface area contributed by atoms with Crippen LogP contribution < -0.4 is 4.90 Å². The fourth-order valence-electron chi connectivity index (χ4n) is 16.8. The van der Waals surface area contributed by atoms with Gasteiger partial charge in [-0.05, 0) is 181 Å². The summed E-state index contributed by atoms with van der Waals surface area (Å²) in [6, 6.07) is 63.1. The molecule has 8 aromatic heterocycles. The maximum atomic E-state index is 13.7. The standard InChI is InChI=1S/C82H56N10O/c1-46-57(48-18-23-72-59(35-48)64-43-84-31-28-75(64)90(72)55-21-17-47-33-51(47)34-55)38-70(56-22-26-77-82(41-66(56)82)67-45-85-32-29-76(67)91(77)53-13-7-3-8-14-53)88-78(46)79-81(93)58(49-19-24-71-60(36-49)63-42-83-30-27-74(63)89(71)52-11-5-2-6-12-52)39-68(87-79)50-20-25-73-61(37-50)65-44-86-69-40-62(69)80(65)92(73)54-15-9-4-10-16-54/h2-32,34-39,42-45,47,51,62,66,69,93H,33,40-41H2,1H3. The van der Waals surface area contributed by atoms with Gasteiger partial charge < -0.3 is 23.7 Å². The molecule has 11 nitrogen and oxygen atoms in total. The molecule has 3 fully saturated rings. The molecule has 0 saturated heterocycles. The minimum atomic E-state index is -0.291. The lowest BCUT2D eigenvalue weighted by atomic mass is 9.85. The second-order valence-corrected chi connectivity index (χ2v) is 26.4. The summed E-state index contributed by atoms with van der Waals surface area (Å²) in [4.78, 5) is 33.2. The Hall–Kier alpha value is -11.6. The van der Waals surface area contributed by atoms with Crippen LogP contribution in [-0.4, -0.2) is 56.0 Å². The van der Waals surface area contributed by atoms with E-state index < -0.39 is 0 Å². The predicted octanol–water partition coefficient (Wildman–Crippen LogP) is 18.2. The smallest absolute Gasteiger partial charge is 0.151 e. The van der Waals surface area contributed by atoms with Gasteiger partial charge >= 0.3 is 0 Å². The lowest BCUT2D eigenvalue weighted by Crippen LogP contribution is -2.21. The van der Waals surface area contributed by atoms with Crippen molar-refractivity contribution < 1.29 is 5.11 Å². The van der Waals surface area contributed by atoms with Crippen LogP contribution in [0, 0.1) is 24.7 Å². The first kappa shape index (κ1) is 51.2. The van der Waals surface area contributed by atoms with Crippen LogP contribution in [0.3, 0.4) is 0 Å². The van der Waals surface area contributed by atoms with Crippen molar-refractivity contribution in [3.05, 3.63) is 277 Å². The molecule has 93 heavy (non-hydrogen) atoms. The molecule has 11 heteroatoms. The quantitative estimate of drug-likeness (QED) is 0.153. The third-order valence-corrected chi connectivity index (χ3v) is 21.4. The van der Waals surface area contributed by atoms with Crippen LogP contribution in [-0.2, 0) is 5.41 Å². The lowest BCUT2D eigenvalue weighted by molar-refractivity contribution is 0.477. The molecule has 6 atom stereocenters. The second kappa shape index (κ2) is 18.8.